The van der Waals surface area contributed by atoms with Crippen molar-refractivity contribution in [2.24, 2.45) is 0 Å². The summed E-state index contributed by atoms with van der Waals surface area (Å²) in [6, 6.07) is 15.4. The van der Waals surface area contributed by atoms with Gasteiger partial charge in [0, 0.05) is 42.5 Å². The highest BCUT2D eigenvalue weighted by Gasteiger charge is 2.22. The summed E-state index contributed by atoms with van der Waals surface area (Å²) in [7, 11) is 0. The molecule has 7 heteroatoms. The van der Waals surface area contributed by atoms with E-state index in [1.165, 1.54) is 0 Å². The average Bonchev–Trinajstić information content (AvgIpc) is 3.01. The minimum absolute atomic E-state index is 0.0497. The van der Waals surface area contributed by atoms with Gasteiger partial charge in [0.2, 0.25) is 0 Å². The summed E-state index contributed by atoms with van der Waals surface area (Å²) in [5.41, 5.74) is 4.34. The smallest absolute Gasteiger partial charge is 0.253 e. The van der Waals surface area contributed by atoms with E-state index in [-0.39, 0.29) is 5.91 Å². The number of hydrogen-bond acceptors (Lipinski definition) is 3. The van der Waals surface area contributed by atoms with Crippen LogP contribution in [0.3, 0.4) is 0 Å². The maximum atomic E-state index is 12.9. The third kappa shape index (κ3) is 3.98. The van der Waals surface area contributed by atoms with Crippen LogP contribution in [-0.4, -0.2) is 46.8 Å². The van der Waals surface area contributed by atoms with Crippen molar-refractivity contribution in [3.05, 3.63) is 75.5 Å². The van der Waals surface area contributed by atoms with Crippen molar-refractivity contribution < 1.29 is 4.79 Å². The zero-order valence-electron chi connectivity index (χ0n) is 16.4. The normalized spacial score (nSPS) is 14.3. The number of hydrogen-bond donors (Lipinski definition) is 0. The van der Waals surface area contributed by atoms with Gasteiger partial charge in [-0.2, -0.15) is 5.10 Å². The summed E-state index contributed by atoms with van der Waals surface area (Å²) in [5.74, 6) is 0.0497. The first-order chi connectivity index (χ1) is 13.9. The number of anilines is 1. The van der Waals surface area contributed by atoms with E-state index in [1.807, 2.05) is 67.3 Å². The summed E-state index contributed by atoms with van der Waals surface area (Å²) >= 11 is 12.3. The highest BCUT2D eigenvalue weighted by Crippen LogP contribution is 2.24. The Balaban J connectivity index is 1.43. The van der Waals surface area contributed by atoms with E-state index < -0.39 is 0 Å². The largest absolute Gasteiger partial charge is 0.368 e. The van der Waals surface area contributed by atoms with Crippen molar-refractivity contribution in [2.75, 3.05) is 31.1 Å². The van der Waals surface area contributed by atoms with Crippen LogP contribution < -0.4 is 4.90 Å². The SMILES string of the molecule is Cc1nn(-c2ccc(C(=O)N3CCN(c4cccc(Cl)c4)CC3)cc2)c(C)c1Cl. The number of piperazine rings is 1. The number of halogens is 2. The van der Waals surface area contributed by atoms with E-state index in [9.17, 15) is 4.79 Å². The third-order valence-corrected chi connectivity index (χ3v) is 6.08. The lowest BCUT2D eigenvalue weighted by atomic mass is 10.1. The van der Waals surface area contributed by atoms with Crippen molar-refractivity contribution in [1.82, 2.24) is 14.7 Å². The molecule has 2 heterocycles. The minimum atomic E-state index is 0.0497. The molecule has 0 aliphatic carbocycles. The molecule has 3 aromatic rings. The number of nitrogens with zero attached hydrogens (tertiary/aromatic N) is 4. The first-order valence-corrected chi connectivity index (χ1v) is 10.3. The van der Waals surface area contributed by atoms with E-state index in [0.29, 0.717) is 23.7 Å². The molecule has 0 unspecified atom stereocenters. The fourth-order valence-electron chi connectivity index (χ4n) is 3.64. The van der Waals surface area contributed by atoms with Gasteiger partial charge in [-0.1, -0.05) is 29.3 Å². The molecule has 1 amide bonds. The topological polar surface area (TPSA) is 41.4 Å². The van der Waals surface area contributed by atoms with Crippen molar-refractivity contribution in [3.63, 3.8) is 0 Å². The van der Waals surface area contributed by atoms with Crippen molar-refractivity contribution >= 4 is 34.8 Å². The monoisotopic (exact) mass is 428 g/mol. The average molecular weight is 429 g/mol. The molecule has 0 atom stereocenters. The summed E-state index contributed by atoms with van der Waals surface area (Å²) in [5, 5.41) is 5.86. The first kappa shape index (κ1) is 19.8. The van der Waals surface area contributed by atoms with Crippen LogP contribution in [0.15, 0.2) is 48.5 Å². The Morgan fingerprint density at radius 2 is 1.62 bits per heavy atom. The van der Waals surface area contributed by atoms with E-state index in [0.717, 1.165) is 40.9 Å². The van der Waals surface area contributed by atoms with Gasteiger partial charge in [0.05, 0.1) is 22.1 Å². The molecule has 1 saturated heterocycles. The molecule has 2 aromatic carbocycles. The Hall–Kier alpha value is -2.50. The molecular weight excluding hydrogens is 407 g/mol. The van der Waals surface area contributed by atoms with Crippen LogP contribution in [-0.2, 0) is 0 Å². The highest BCUT2D eigenvalue weighted by atomic mass is 35.5. The summed E-state index contributed by atoms with van der Waals surface area (Å²) in [6.07, 6.45) is 0. The van der Waals surface area contributed by atoms with Crippen LogP contribution in [0, 0.1) is 13.8 Å². The molecule has 29 heavy (non-hydrogen) atoms. The van der Waals surface area contributed by atoms with Crippen molar-refractivity contribution in [3.8, 4) is 5.69 Å². The minimum Gasteiger partial charge on any atom is -0.368 e. The summed E-state index contributed by atoms with van der Waals surface area (Å²) in [4.78, 5) is 17.1. The van der Waals surface area contributed by atoms with E-state index >= 15 is 0 Å². The zero-order chi connectivity index (χ0) is 20.5. The number of rotatable bonds is 3. The Morgan fingerprint density at radius 3 is 2.21 bits per heavy atom. The Morgan fingerprint density at radius 1 is 0.931 bits per heavy atom. The van der Waals surface area contributed by atoms with Gasteiger partial charge < -0.3 is 9.80 Å². The number of carbonyl (C=O) groups excluding carboxylic acids is 1. The molecular formula is C22H22Cl2N4O. The van der Waals surface area contributed by atoms with Gasteiger partial charge in [-0.15, -0.1) is 0 Å². The second-order valence-corrected chi connectivity index (χ2v) is 8.02. The highest BCUT2D eigenvalue weighted by molar-refractivity contribution is 6.31. The molecule has 4 rings (SSSR count). The van der Waals surface area contributed by atoms with Gasteiger partial charge >= 0.3 is 0 Å². The molecule has 1 fully saturated rings. The van der Waals surface area contributed by atoms with Crippen molar-refractivity contribution in [2.45, 2.75) is 13.8 Å². The number of aromatic nitrogens is 2. The predicted molar refractivity (Wildman–Crippen MR) is 118 cm³/mol. The van der Waals surface area contributed by atoms with Gasteiger partial charge in [-0.25, -0.2) is 4.68 Å². The lowest BCUT2D eigenvalue weighted by Crippen LogP contribution is -2.48. The second kappa shape index (κ2) is 8.09. The van der Waals surface area contributed by atoms with Crippen LogP contribution in [0.1, 0.15) is 21.7 Å². The van der Waals surface area contributed by atoms with Gasteiger partial charge in [0.15, 0.2) is 0 Å². The molecule has 5 nitrogen and oxygen atoms in total. The molecule has 1 aromatic heterocycles. The van der Waals surface area contributed by atoms with Crippen molar-refractivity contribution in [1.29, 1.82) is 0 Å². The molecule has 0 N–H and O–H groups in total. The molecule has 0 saturated carbocycles. The van der Waals surface area contributed by atoms with Gasteiger partial charge in [0.25, 0.3) is 5.91 Å². The fourth-order valence-corrected chi connectivity index (χ4v) is 3.95. The Bertz CT molecular complexity index is 1040. The lowest BCUT2D eigenvalue weighted by molar-refractivity contribution is 0.0747. The van der Waals surface area contributed by atoms with Crippen LogP contribution in [0.2, 0.25) is 10.0 Å². The Kier molecular flexibility index (Phi) is 5.52. The molecule has 1 aliphatic heterocycles. The first-order valence-electron chi connectivity index (χ1n) is 9.56. The molecule has 150 valence electrons. The van der Waals surface area contributed by atoms with E-state index in [1.54, 1.807) is 4.68 Å². The second-order valence-electron chi connectivity index (χ2n) is 7.20. The van der Waals surface area contributed by atoms with Crippen LogP contribution in [0.5, 0.6) is 0 Å². The standard InChI is InChI=1S/C22H22Cl2N4O/c1-15-21(24)16(2)28(25-15)19-8-6-17(7-9-19)22(29)27-12-10-26(11-13-27)20-5-3-4-18(23)14-20/h3-9,14H,10-13H2,1-2H3. The Labute approximate surface area is 180 Å². The molecule has 0 spiro atoms. The maximum Gasteiger partial charge on any atom is 0.253 e. The predicted octanol–water partition coefficient (Wildman–Crippen LogP) is 4.76. The summed E-state index contributed by atoms with van der Waals surface area (Å²) < 4.78 is 1.80. The number of aryl methyl sites for hydroxylation is 1. The van der Waals surface area contributed by atoms with Gasteiger partial charge in [-0.3, -0.25) is 4.79 Å². The fraction of sp³-hybridized carbons (Fsp3) is 0.273. The zero-order valence-corrected chi connectivity index (χ0v) is 17.9. The maximum absolute atomic E-state index is 12.9. The molecule has 0 radical (unpaired) electrons. The van der Waals surface area contributed by atoms with Crippen LogP contribution in [0.4, 0.5) is 5.69 Å². The lowest BCUT2D eigenvalue weighted by Gasteiger charge is -2.36. The van der Waals surface area contributed by atoms with E-state index in [4.69, 9.17) is 23.2 Å². The molecule has 1 aliphatic rings. The van der Waals surface area contributed by atoms with Gasteiger partial charge in [-0.05, 0) is 56.3 Å². The van der Waals surface area contributed by atoms with Crippen LogP contribution >= 0.6 is 23.2 Å². The number of benzene rings is 2. The molecule has 0 bridgehead atoms. The third-order valence-electron chi connectivity index (χ3n) is 5.30. The number of amides is 1. The van der Waals surface area contributed by atoms with E-state index in [2.05, 4.69) is 10.00 Å². The van der Waals surface area contributed by atoms with Crippen LogP contribution in [0.25, 0.3) is 5.69 Å². The number of carbonyl (C=O) groups is 1. The quantitative estimate of drug-likeness (QED) is 0.603. The van der Waals surface area contributed by atoms with Gasteiger partial charge in [0.1, 0.15) is 0 Å². The summed E-state index contributed by atoms with van der Waals surface area (Å²) in [6.45, 7) is 6.75.